The van der Waals surface area contributed by atoms with Crippen LogP contribution in [-0.2, 0) is 52.1 Å². The molecule has 90 heavy (non-hydrogen) atoms. The van der Waals surface area contributed by atoms with E-state index in [0.29, 0.717) is 38.6 Å². The molecule has 0 aromatic carbocycles. The van der Waals surface area contributed by atoms with E-state index in [9.17, 15) is 76.0 Å². The first kappa shape index (κ1) is 78.2. The van der Waals surface area contributed by atoms with Crippen molar-refractivity contribution < 1.29 is 128 Å². The second-order valence-electron chi connectivity index (χ2n) is 27.3. The average Bonchev–Trinajstić information content (AvgIpc) is 1.02. The second kappa shape index (κ2) is 34.5. The first-order valence-corrected chi connectivity index (χ1v) is 31.7. The van der Waals surface area contributed by atoms with Gasteiger partial charge < -0.3 is 146 Å². The summed E-state index contributed by atoms with van der Waals surface area (Å²) in [6, 6.07) is -2.94. The van der Waals surface area contributed by atoms with Crippen LogP contribution in [0.5, 0.6) is 0 Å². The van der Waals surface area contributed by atoms with Gasteiger partial charge in [-0.15, -0.1) is 0 Å². The number of amides is 2. The predicted molar refractivity (Wildman–Crippen MR) is 316 cm³/mol. The van der Waals surface area contributed by atoms with E-state index in [1.807, 2.05) is 48.5 Å². The lowest BCUT2D eigenvalue weighted by molar-refractivity contribution is -0.333. The molecule has 2 saturated carbocycles. The lowest BCUT2D eigenvalue weighted by Crippen LogP contribution is -2.66. The van der Waals surface area contributed by atoms with Gasteiger partial charge in [0.05, 0.1) is 86.8 Å². The summed E-state index contributed by atoms with van der Waals surface area (Å²) in [6.07, 6.45) is -23.5. The minimum atomic E-state index is -1.48. The predicted octanol–water partition coefficient (Wildman–Crippen LogP) is -3.65. The molecule has 7 rings (SSSR count). The number of hydrogen-bond acceptors (Lipinski definition) is 29. The van der Waals surface area contributed by atoms with E-state index in [1.54, 1.807) is 34.6 Å². The van der Waals surface area contributed by atoms with Gasteiger partial charge >= 0.3 is 12.2 Å². The summed E-state index contributed by atoms with van der Waals surface area (Å²) in [6.45, 7) is 21.6. The molecule has 2 amide bonds. The highest BCUT2D eigenvalue weighted by molar-refractivity contribution is 5.68. The maximum atomic E-state index is 12.0. The fourth-order valence-electron chi connectivity index (χ4n) is 12.0. The van der Waals surface area contributed by atoms with Gasteiger partial charge in [-0.05, 0) is 97.8 Å². The Morgan fingerprint density at radius 1 is 0.522 bits per heavy atom. The molecule has 2 aliphatic carbocycles. The van der Waals surface area contributed by atoms with Gasteiger partial charge in [0, 0.05) is 31.0 Å². The number of alkyl carbamates (subject to hydrolysis) is 2. The van der Waals surface area contributed by atoms with Crippen molar-refractivity contribution in [1.29, 1.82) is 0 Å². The quantitative estimate of drug-likeness (QED) is 0.0555. The number of rotatable bonds is 19. The Labute approximate surface area is 527 Å². The average molecular weight is 1310 g/mol. The van der Waals surface area contributed by atoms with Gasteiger partial charge in [-0.1, -0.05) is 41.5 Å². The molecular formula is C59H111N5O26. The van der Waals surface area contributed by atoms with E-state index in [0.717, 1.165) is 6.61 Å². The van der Waals surface area contributed by atoms with Crippen LogP contribution >= 0.6 is 0 Å². The molecule has 5 heterocycles. The van der Waals surface area contributed by atoms with E-state index in [-0.39, 0.29) is 37.0 Å². The van der Waals surface area contributed by atoms with Crippen LogP contribution in [0, 0.1) is 29.6 Å². The molecule has 7 fully saturated rings. The molecule has 5 saturated heterocycles. The summed E-state index contributed by atoms with van der Waals surface area (Å²) in [4.78, 5) is 23.0. The lowest BCUT2D eigenvalue weighted by atomic mass is 9.74. The van der Waals surface area contributed by atoms with E-state index >= 15 is 0 Å². The van der Waals surface area contributed by atoms with Crippen molar-refractivity contribution in [3.8, 4) is 0 Å². The van der Waals surface area contributed by atoms with Crippen molar-refractivity contribution in [2.75, 3.05) is 32.9 Å². The maximum absolute atomic E-state index is 12.0. The fourth-order valence-corrected chi connectivity index (χ4v) is 12.0. The molecule has 528 valence electrons. The minimum Gasteiger partial charge on any atom is -0.444 e. The third kappa shape index (κ3) is 21.3. The molecule has 5 aliphatic heterocycles. The molecule has 0 aromatic rings. The minimum absolute atomic E-state index is 0.0595. The summed E-state index contributed by atoms with van der Waals surface area (Å²) in [7, 11) is 0. The summed E-state index contributed by atoms with van der Waals surface area (Å²) in [5, 5.41) is 141. The van der Waals surface area contributed by atoms with E-state index in [4.69, 9.17) is 69.3 Å². The number of carbonyl (C=O) groups excluding carboxylic acids is 2. The SMILES string of the molecule is CC(C)(C)OC(=O)NCC1CO1.CC[C@H]1O[C@H](OC2[C@@H](C)C[C@@H](CCC(O)CNC(=O)OC(C)(C)C)[C@H](O[C@H]3O[C@H](CO)[C@@H](O)[C@H](N)[C@H]3O)[C@H]2O)[C@H](C)[C@@H](O)[C@@H]1O.CC[C@H]1O[C@H](OC2[C@@H](C)C[C@@H](N)[C@H](O[C@H]3O[C@H](CO)[C@@H](O)[C@H](N)[C@H]3O)[C@H]2O)[C@H](C)[C@@H](O)[C@@H]1O. The number of hydrogen-bond donors (Lipinski definition) is 18. The second-order valence-corrected chi connectivity index (χ2v) is 27.3. The molecule has 32 atom stereocenters. The summed E-state index contributed by atoms with van der Waals surface area (Å²) < 4.78 is 62.5. The molecule has 4 unspecified atom stereocenters. The van der Waals surface area contributed by atoms with Crippen LogP contribution in [0.15, 0.2) is 0 Å². The van der Waals surface area contributed by atoms with E-state index < -0.39 is 208 Å². The Kier molecular flexibility index (Phi) is 30.0. The zero-order valence-electron chi connectivity index (χ0n) is 54.1. The van der Waals surface area contributed by atoms with Gasteiger partial charge in [0.1, 0.15) is 78.3 Å². The Bertz CT molecular complexity index is 2080. The summed E-state index contributed by atoms with van der Waals surface area (Å²) in [5.41, 5.74) is 17.0. The highest BCUT2D eigenvalue weighted by Crippen LogP contribution is 2.41. The molecular weight excluding hydrogens is 1190 g/mol. The van der Waals surface area contributed by atoms with Gasteiger partial charge in [-0.3, -0.25) is 0 Å². The topological polar surface area (TPSA) is 504 Å². The first-order chi connectivity index (χ1) is 42.0. The van der Waals surface area contributed by atoms with Crippen LogP contribution in [0.4, 0.5) is 9.59 Å². The zero-order valence-corrected chi connectivity index (χ0v) is 54.1. The Morgan fingerprint density at radius 2 is 0.911 bits per heavy atom. The maximum Gasteiger partial charge on any atom is 0.407 e. The number of aliphatic hydroxyl groups is 13. The molecule has 21 N–H and O–H groups in total. The third-order valence-corrected chi connectivity index (χ3v) is 17.6. The number of ether oxygens (including phenoxy) is 11. The number of nitrogens with two attached hydrogens (primary N) is 3. The molecule has 31 nitrogen and oxygen atoms in total. The molecule has 31 heteroatoms. The lowest BCUT2D eigenvalue weighted by Gasteiger charge is -2.49. The molecule has 7 aliphatic rings. The van der Waals surface area contributed by atoms with Crippen molar-refractivity contribution in [2.45, 2.75) is 298 Å². The van der Waals surface area contributed by atoms with Crippen molar-refractivity contribution in [3.05, 3.63) is 0 Å². The number of epoxide rings is 1. The van der Waals surface area contributed by atoms with Gasteiger partial charge in [0.25, 0.3) is 0 Å². The summed E-state index contributed by atoms with van der Waals surface area (Å²) >= 11 is 0. The molecule has 0 aromatic heterocycles. The monoisotopic (exact) mass is 1310 g/mol. The number of nitrogens with one attached hydrogen (secondary N) is 2. The third-order valence-electron chi connectivity index (χ3n) is 17.6. The van der Waals surface area contributed by atoms with Crippen LogP contribution in [-0.4, -0.2) is 288 Å². The van der Waals surface area contributed by atoms with Crippen molar-refractivity contribution >= 4 is 12.2 Å². The first-order valence-electron chi connectivity index (χ1n) is 31.7. The van der Waals surface area contributed by atoms with E-state index in [1.165, 1.54) is 0 Å². The zero-order chi connectivity index (χ0) is 67.6. The van der Waals surface area contributed by atoms with E-state index in [2.05, 4.69) is 10.6 Å². The highest BCUT2D eigenvalue weighted by Gasteiger charge is 2.54. The normalized spacial score (nSPS) is 44.3. The van der Waals surface area contributed by atoms with Crippen molar-refractivity contribution in [3.63, 3.8) is 0 Å². The molecule has 0 radical (unpaired) electrons. The molecule has 0 bridgehead atoms. The van der Waals surface area contributed by atoms with Crippen LogP contribution in [0.2, 0.25) is 0 Å². The smallest absolute Gasteiger partial charge is 0.407 e. The Hall–Kier alpha value is -2.46. The van der Waals surface area contributed by atoms with Gasteiger partial charge in [0.2, 0.25) is 0 Å². The fraction of sp³-hybridized carbons (Fsp3) is 0.966. The van der Waals surface area contributed by atoms with Crippen molar-refractivity contribution in [2.24, 2.45) is 46.8 Å². The van der Waals surface area contributed by atoms with Crippen LogP contribution in [0.25, 0.3) is 0 Å². The van der Waals surface area contributed by atoms with Crippen LogP contribution < -0.4 is 27.8 Å². The Morgan fingerprint density at radius 3 is 1.32 bits per heavy atom. The number of aliphatic hydroxyl groups excluding tert-OH is 13. The summed E-state index contributed by atoms with van der Waals surface area (Å²) in [5.74, 6) is -2.00. The van der Waals surface area contributed by atoms with Crippen LogP contribution in [0.1, 0.15) is 122 Å². The largest absolute Gasteiger partial charge is 0.444 e. The number of carbonyl (C=O) groups is 2. The van der Waals surface area contributed by atoms with Gasteiger partial charge in [0.15, 0.2) is 25.2 Å². The van der Waals surface area contributed by atoms with Crippen LogP contribution in [0.3, 0.4) is 0 Å². The van der Waals surface area contributed by atoms with Gasteiger partial charge in [-0.25, -0.2) is 9.59 Å². The highest BCUT2D eigenvalue weighted by atomic mass is 16.7. The van der Waals surface area contributed by atoms with Crippen molar-refractivity contribution in [1.82, 2.24) is 10.6 Å². The Balaban J connectivity index is 0.000000284. The standard InChI is InChI=1S/C30H56N2O13.C21H40N2O10.C8H15NO3/c1-7-17-22(37)20(35)14(3)27(41-17)43-25-13(2)10-15(8-9-16(34)11-32-29(40)45-30(4,5)6)26(24(25)39)44-28-23(38)19(31)21(36)18(12-33)42-28;1-4-10-15(27)13(25)8(3)20(30-10)32-18-7(2)5-9(22)19(17(18)29)33-21-16(28)12(23)14(26)11(6-24)31-21;1-8(2,3)12-7(10)9-4-6-5-11-6/h13-28,33-39H,7-12,31H2,1-6H3,(H,32,40);7-21,24-29H,4-6,22-23H2,1-3H3;6H,4-5H2,1-3H3,(H,9,10)/t13-,14+,15+,16?,17+,18+,19-,20+,21+,22+,23+,24-,25?,26-,27+,28+;7-,8+,9+,10+,11+,12-,13+,14+,15+,16+,17-,18?,19-,20+,21+;/m00./s1. The van der Waals surface area contributed by atoms with Gasteiger partial charge in [-0.2, -0.15) is 0 Å². The molecule has 0 spiro atoms.